The van der Waals surface area contributed by atoms with E-state index in [-0.39, 0.29) is 0 Å². The highest BCUT2D eigenvalue weighted by atomic mass is 15.3. The number of nitrogens with one attached hydrogen (secondary N) is 1. The standard InChI is InChI=1S/C17H34N2/c1-8-13-11-18-17(9-2,10-3)12-19(13)14-15(4,5)16(14,6)7/h13-14,18H,8-12H2,1-7H3. The maximum atomic E-state index is 3.86. The highest BCUT2D eigenvalue weighted by Gasteiger charge is 2.68. The molecule has 1 aliphatic carbocycles. The number of hydrogen-bond acceptors (Lipinski definition) is 2. The Kier molecular flexibility index (Phi) is 3.81. The Bertz CT molecular complexity index is 314. The van der Waals surface area contributed by atoms with Gasteiger partial charge in [0.1, 0.15) is 0 Å². The van der Waals surface area contributed by atoms with Gasteiger partial charge in [0.05, 0.1) is 0 Å². The second-order valence-corrected chi connectivity index (χ2v) is 7.95. The fourth-order valence-electron chi connectivity index (χ4n) is 4.38. The minimum Gasteiger partial charge on any atom is -0.308 e. The Morgan fingerprint density at radius 3 is 1.89 bits per heavy atom. The maximum Gasteiger partial charge on any atom is 0.0304 e. The summed E-state index contributed by atoms with van der Waals surface area (Å²) in [6.45, 7) is 19.2. The molecule has 0 radical (unpaired) electrons. The topological polar surface area (TPSA) is 15.3 Å². The van der Waals surface area contributed by atoms with Crippen molar-refractivity contribution in [2.24, 2.45) is 10.8 Å². The van der Waals surface area contributed by atoms with Crippen molar-refractivity contribution >= 4 is 0 Å². The Labute approximate surface area is 120 Å². The molecule has 1 N–H and O–H groups in total. The SMILES string of the molecule is CCC1CNC(CC)(CC)CN1C1C(C)(C)C1(C)C. The molecule has 1 aliphatic heterocycles. The number of rotatable bonds is 4. The van der Waals surface area contributed by atoms with Crippen molar-refractivity contribution in [1.82, 2.24) is 10.2 Å². The van der Waals surface area contributed by atoms with Gasteiger partial charge >= 0.3 is 0 Å². The highest BCUT2D eigenvalue weighted by molar-refractivity contribution is 5.20. The lowest BCUT2D eigenvalue weighted by atomic mass is 9.87. The van der Waals surface area contributed by atoms with E-state index in [2.05, 4.69) is 58.7 Å². The van der Waals surface area contributed by atoms with Gasteiger partial charge in [-0.1, -0.05) is 48.5 Å². The third-order valence-electron chi connectivity index (χ3n) is 6.77. The van der Waals surface area contributed by atoms with E-state index >= 15 is 0 Å². The van der Waals surface area contributed by atoms with E-state index in [4.69, 9.17) is 0 Å². The van der Waals surface area contributed by atoms with Crippen molar-refractivity contribution in [3.05, 3.63) is 0 Å². The average Bonchev–Trinajstić information content (AvgIpc) is 2.79. The molecule has 1 heterocycles. The number of nitrogens with zero attached hydrogens (tertiary/aromatic N) is 1. The summed E-state index contributed by atoms with van der Waals surface area (Å²) in [5, 5.41) is 3.86. The normalized spacial score (nSPS) is 33.3. The average molecular weight is 266 g/mol. The van der Waals surface area contributed by atoms with Crippen LogP contribution in [0.2, 0.25) is 0 Å². The van der Waals surface area contributed by atoms with Gasteiger partial charge < -0.3 is 5.32 Å². The summed E-state index contributed by atoms with van der Waals surface area (Å²) in [4.78, 5) is 2.85. The van der Waals surface area contributed by atoms with Gasteiger partial charge in [-0.05, 0) is 30.1 Å². The molecule has 1 unspecified atom stereocenters. The second-order valence-electron chi connectivity index (χ2n) is 7.95. The molecule has 0 bridgehead atoms. The first-order chi connectivity index (χ1) is 8.75. The zero-order valence-corrected chi connectivity index (χ0v) is 14.1. The first-order valence-corrected chi connectivity index (χ1v) is 8.26. The largest absolute Gasteiger partial charge is 0.308 e. The summed E-state index contributed by atoms with van der Waals surface area (Å²) in [5.74, 6) is 0. The van der Waals surface area contributed by atoms with Crippen molar-refractivity contribution in [2.45, 2.75) is 85.4 Å². The van der Waals surface area contributed by atoms with E-state index < -0.39 is 0 Å². The molecule has 1 saturated heterocycles. The summed E-state index contributed by atoms with van der Waals surface area (Å²) < 4.78 is 0. The van der Waals surface area contributed by atoms with Gasteiger partial charge in [0.25, 0.3) is 0 Å². The summed E-state index contributed by atoms with van der Waals surface area (Å²) in [5.41, 5.74) is 1.27. The van der Waals surface area contributed by atoms with Crippen molar-refractivity contribution in [2.75, 3.05) is 13.1 Å². The van der Waals surface area contributed by atoms with Gasteiger partial charge in [-0.2, -0.15) is 0 Å². The molecule has 2 fully saturated rings. The van der Waals surface area contributed by atoms with Gasteiger partial charge in [0.15, 0.2) is 0 Å². The highest BCUT2D eigenvalue weighted by Crippen LogP contribution is 2.66. The van der Waals surface area contributed by atoms with Gasteiger partial charge in [0.2, 0.25) is 0 Å². The first kappa shape index (κ1) is 15.3. The molecule has 2 rings (SSSR count). The van der Waals surface area contributed by atoms with Crippen LogP contribution >= 0.6 is 0 Å². The molecule has 19 heavy (non-hydrogen) atoms. The van der Waals surface area contributed by atoms with Crippen molar-refractivity contribution < 1.29 is 0 Å². The van der Waals surface area contributed by atoms with Crippen LogP contribution < -0.4 is 5.32 Å². The first-order valence-electron chi connectivity index (χ1n) is 8.26. The molecular weight excluding hydrogens is 232 g/mol. The Morgan fingerprint density at radius 1 is 1.00 bits per heavy atom. The zero-order valence-electron chi connectivity index (χ0n) is 14.1. The van der Waals surface area contributed by atoms with Crippen molar-refractivity contribution in [1.29, 1.82) is 0 Å². The van der Waals surface area contributed by atoms with Gasteiger partial charge in [0, 0.05) is 30.7 Å². The lowest BCUT2D eigenvalue weighted by Gasteiger charge is -2.48. The van der Waals surface area contributed by atoms with Crippen LogP contribution in [-0.4, -0.2) is 35.6 Å². The predicted molar refractivity (Wildman–Crippen MR) is 83.5 cm³/mol. The summed E-state index contributed by atoms with van der Waals surface area (Å²) >= 11 is 0. The van der Waals surface area contributed by atoms with Gasteiger partial charge in [-0.25, -0.2) is 0 Å². The van der Waals surface area contributed by atoms with Crippen LogP contribution in [0, 0.1) is 10.8 Å². The molecule has 2 aliphatic rings. The molecule has 0 spiro atoms. The van der Waals surface area contributed by atoms with Crippen LogP contribution in [0.3, 0.4) is 0 Å². The molecule has 112 valence electrons. The van der Waals surface area contributed by atoms with Gasteiger partial charge in [-0.3, -0.25) is 4.90 Å². The quantitative estimate of drug-likeness (QED) is 0.835. The summed E-state index contributed by atoms with van der Waals surface area (Å²) in [7, 11) is 0. The molecule has 0 aromatic heterocycles. The van der Waals surface area contributed by atoms with Crippen LogP contribution in [0.1, 0.15) is 67.7 Å². The summed E-state index contributed by atoms with van der Waals surface area (Å²) in [6, 6.07) is 1.47. The fraction of sp³-hybridized carbons (Fsp3) is 1.00. The molecule has 1 atom stereocenters. The van der Waals surface area contributed by atoms with E-state index in [1.807, 2.05) is 0 Å². The third kappa shape index (κ3) is 2.15. The molecule has 2 heteroatoms. The van der Waals surface area contributed by atoms with E-state index in [0.717, 1.165) is 12.1 Å². The Hall–Kier alpha value is -0.0800. The van der Waals surface area contributed by atoms with E-state index in [9.17, 15) is 0 Å². The van der Waals surface area contributed by atoms with Crippen molar-refractivity contribution in [3.63, 3.8) is 0 Å². The number of hydrogen-bond donors (Lipinski definition) is 1. The molecule has 0 aromatic rings. The minimum atomic E-state index is 0.348. The van der Waals surface area contributed by atoms with Crippen LogP contribution in [-0.2, 0) is 0 Å². The van der Waals surface area contributed by atoms with Crippen LogP contribution in [0.15, 0.2) is 0 Å². The second kappa shape index (κ2) is 4.73. The predicted octanol–water partition coefficient (Wildman–Crippen LogP) is 3.66. The molecule has 0 aromatic carbocycles. The lowest BCUT2D eigenvalue weighted by molar-refractivity contribution is 0.0493. The third-order valence-corrected chi connectivity index (χ3v) is 6.77. The molecular formula is C17H34N2. The number of piperazine rings is 1. The maximum absolute atomic E-state index is 3.86. The van der Waals surface area contributed by atoms with E-state index in [1.54, 1.807) is 0 Å². The lowest BCUT2D eigenvalue weighted by Crippen LogP contribution is -2.64. The van der Waals surface area contributed by atoms with Gasteiger partial charge in [-0.15, -0.1) is 0 Å². The molecule has 2 nitrogen and oxygen atoms in total. The fourth-order valence-corrected chi connectivity index (χ4v) is 4.38. The Morgan fingerprint density at radius 2 is 1.53 bits per heavy atom. The summed E-state index contributed by atoms with van der Waals surface area (Å²) in [6.07, 6.45) is 3.74. The Balaban J connectivity index is 2.21. The van der Waals surface area contributed by atoms with Crippen LogP contribution in [0.4, 0.5) is 0 Å². The van der Waals surface area contributed by atoms with Crippen LogP contribution in [0.25, 0.3) is 0 Å². The van der Waals surface area contributed by atoms with E-state index in [1.165, 1.54) is 32.4 Å². The molecule has 1 saturated carbocycles. The van der Waals surface area contributed by atoms with E-state index in [0.29, 0.717) is 16.4 Å². The smallest absolute Gasteiger partial charge is 0.0304 e. The molecule has 0 amide bonds. The monoisotopic (exact) mass is 266 g/mol. The zero-order chi connectivity index (χ0) is 14.5. The minimum absolute atomic E-state index is 0.348. The van der Waals surface area contributed by atoms with Crippen LogP contribution in [0.5, 0.6) is 0 Å². The van der Waals surface area contributed by atoms with Crippen molar-refractivity contribution in [3.8, 4) is 0 Å².